The quantitative estimate of drug-likeness (QED) is 0.590. The first kappa shape index (κ1) is 17.7. The monoisotopic (exact) mass is 332 g/mol. The van der Waals surface area contributed by atoms with E-state index >= 15 is 0 Å². The van der Waals surface area contributed by atoms with Crippen LogP contribution >= 0.6 is 0 Å². The Bertz CT molecular complexity index is 526. The molecule has 0 atom stereocenters. The molecular weight excluding hydrogens is 303 g/mol. The van der Waals surface area contributed by atoms with Crippen LogP contribution in [0.25, 0.3) is 0 Å². The molecule has 0 amide bonds. The van der Waals surface area contributed by atoms with E-state index in [0.717, 1.165) is 18.4 Å². The third kappa shape index (κ3) is 3.93. The number of ether oxygens (including phenoxy) is 1. The minimum Gasteiger partial charge on any atom is -0.478 e. The third-order valence-corrected chi connectivity index (χ3v) is 5.35. The van der Waals surface area contributed by atoms with Crippen molar-refractivity contribution < 1.29 is 14.0 Å². The minimum atomic E-state index is -0.369. The fourth-order valence-electron chi connectivity index (χ4n) is 3.07. The fraction of sp³-hybridized carbons (Fsp3) is 0.722. The van der Waals surface area contributed by atoms with Gasteiger partial charge in [-0.2, -0.15) is 0 Å². The number of rotatable bonds is 6. The summed E-state index contributed by atoms with van der Waals surface area (Å²) in [5.74, 6) is 0.664. The normalized spacial score (nSPS) is 22.9. The summed E-state index contributed by atoms with van der Waals surface area (Å²) in [6.07, 6.45) is 5.50. The summed E-state index contributed by atoms with van der Waals surface area (Å²) in [6.45, 7) is 12.5. The molecule has 0 aliphatic carbocycles. The Morgan fingerprint density at radius 1 is 1.12 bits per heavy atom. The SMILES string of the molecule is CC1(C)OB(c2ccc(OCCCN3CCCC3)nc2)OC1(C)C. The highest BCUT2D eigenvalue weighted by Gasteiger charge is 2.51. The van der Waals surface area contributed by atoms with Crippen LogP contribution in [-0.2, 0) is 9.31 Å². The van der Waals surface area contributed by atoms with Crippen molar-refractivity contribution in [2.75, 3.05) is 26.2 Å². The molecule has 0 unspecified atom stereocenters. The van der Waals surface area contributed by atoms with Gasteiger partial charge in [0, 0.05) is 18.2 Å². The van der Waals surface area contributed by atoms with Gasteiger partial charge in [0.25, 0.3) is 0 Å². The van der Waals surface area contributed by atoms with E-state index in [4.69, 9.17) is 14.0 Å². The van der Waals surface area contributed by atoms with E-state index in [1.54, 1.807) is 6.20 Å². The highest BCUT2D eigenvalue weighted by molar-refractivity contribution is 6.62. The lowest BCUT2D eigenvalue weighted by Gasteiger charge is -2.32. The van der Waals surface area contributed by atoms with E-state index in [2.05, 4.69) is 37.6 Å². The molecule has 0 bridgehead atoms. The average Bonchev–Trinajstić information content (AvgIpc) is 3.11. The lowest BCUT2D eigenvalue weighted by Crippen LogP contribution is -2.41. The third-order valence-electron chi connectivity index (χ3n) is 5.35. The Morgan fingerprint density at radius 3 is 2.38 bits per heavy atom. The lowest BCUT2D eigenvalue weighted by molar-refractivity contribution is 0.00578. The standard InChI is InChI=1S/C18H29BN2O3/c1-17(2)18(3,4)24-19(23-17)15-8-9-16(20-14-15)22-13-7-12-21-10-5-6-11-21/h8-9,14H,5-7,10-13H2,1-4H3. The molecule has 6 heteroatoms. The Kier molecular flexibility index (Phi) is 5.18. The first-order valence-corrected chi connectivity index (χ1v) is 9.04. The molecule has 3 heterocycles. The Labute approximate surface area is 145 Å². The zero-order valence-corrected chi connectivity index (χ0v) is 15.4. The van der Waals surface area contributed by atoms with Gasteiger partial charge in [-0.3, -0.25) is 0 Å². The van der Waals surface area contributed by atoms with E-state index < -0.39 is 0 Å². The maximum atomic E-state index is 6.04. The van der Waals surface area contributed by atoms with Crippen molar-refractivity contribution in [3.8, 4) is 5.88 Å². The summed E-state index contributed by atoms with van der Waals surface area (Å²) in [5.41, 5.74) is 0.267. The van der Waals surface area contributed by atoms with E-state index in [1.807, 2.05) is 12.1 Å². The predicted octanol–water partition coefficient (Wildman–Crippen LogP) is 2.25. The maximum Gasteiger partial charge on any atom is 0.496 e. The Balaban J connectivity index is 1.47. The summed E-state index contributed by atoms with van der Waals surface area (Å²) >= 11 is 0. The lowest BCUT2D eigenvalue weighted by atomic mass is 9.80. The van der Waals surface area contributed by atoms with Crippen molar-refractivity contribution >= 4 is 12.6 Å². The second-order valence-corrected chi connectivity index (χ2v) is 7.77. The summed E-state index contributed by atoms with van der Waals surface area (Å²) in [5, 5.41) is 0. The number of aromatic nitrogens is 1. The van der Waals surface area contributed by atoms with Crippen LogP contribution in [0.4, 0.5) is 0 Å². The van der Waals surface area contributed by atoms with Crippen molar-refractivity contribution in [2.24, 2.45) is 0 Å². The topological polar surface area (TPSA) is 43.8 Å². The summed E-state index contributed by atoms with van der Waals surface area (Å²) in [7, 11) is -0.369. The first-order valence-electron chi connectivity index (χ1n) is 9.04. The van der Waals surface area contributed by atoms with Crippen LogP contribution in [0.5, 0.6) is 5.88 Å². The summed E-state index contributed by atoms with van der Waals surface area (Å²) in [4.78, 5) is 6.89. The molecule has 2 aliphatic heterocycles. The average molecular weight is 332 g/mol. The van der Waals surface area contributed by atoms with E-state index in [0.29, 0.717) is 12.5 Å². The van der Waals surface area contributed by atoms with Crippen molar-refractivity contribution in [3.05, 3.63) is 18.3 Å². The highest BCUT2D eigenvalue weighted by atomic mass is 16.7. The number of pyridine rings is 1. The Hall–Kier alpha value is -1.11. The van der Waals surface area contributed by atoms with Crippen molar-refractivity contribution in [2.45, 2.75) is 58.2 Å². The van der Waals surface area contributed by atoms with Gasteiger partial charge in [-0.25, -0.2) is 4.98 Å². The Morgan fingerprint density at radius 2 is 1.79 bits per heavy atom. The molecule has 0 radical (unpaired) electrons. The van der Waals surface area contributed by atoms with Gasteiger partial charge >= 0.3 is 7.12 Å². The summed E-state index contributed by atoms with van der Waals surface area (Å²) in [6, 6.07) is 3.88. The van der Waals surface area contributed by atoms with Crippen LogP contribution in [0.15, 0.2) is 18.3 Å². The molecule has 132 valence electrons. The van der Waals surface area contributed by atoms with Crippen molar-refractivity contribution in [3.63, 3.8) is 0 Å². The van der Waals surface area contributed by atoms with Crippen LogP contribution in [0.3, 0.4) is 0 Å². The van der Waals surface area contributed by atoms with Gasteiger partial charge in [0.15, 0.2) is 0 Å². The molecule has 2 saturated heterocycles. The van der Waals surface area contributed by atoms with E-state index in [9.17, 15) is 0 Å². The van der Waals surface area contributed by atoms with E-state index in [-0.39, 0.29) is 18.3 Å². The van der Waals surface area contributed by atoms with Crippen molar-refractivity contribution in [1.29, 1.82) is 0 Å². The number of nitrogens with zero attached hydrogens (tertiary/aromatic N) is 2. The van der Waals surface area contributed by atoms with Crippen molar-refractivity contribution in [1.82, 2.24) is 9.88 Å². The second-order valence-electron chi connectivity index (χ2n) is 7.77. The van der Waals surface area contributed by atoms with E-state index in [1.165, 1.54) is 25.9 Å². The van der Waals surface area contributed by atoms with Crippen LogP contribution in [-0.4, -0.2) is 54.4 Å². The molecule has 2 aliphatic rings. The molecule has 5 nitrogen and oxygen atoms in total. The zero-order valence-electron chi connectivity index (χ0n) is 15.4. The molecule has 1 aromatic rings. The smallest absolute Gasteiger partial charge is 0.478 e. The molecule has 0 spiro atoms. The minimum absolute atomic E-state index is 0.331. The number of hydrogen-bond acceptors (Lipinski definition) is 5. The van der Waals surface area contributed by atoms with Gasteiger partial charge < -0.3 is 18.9 Å². The molecule has 0 saturated carbocycles. The molecule has 3 rings (SSSR count). The van der Waals surface area contributed by atoms with Gasteiger partial charge in [0.05, 0.1) is 17.8 Å². The maximum absolute atomic E-state index is 6.04. The van der Waals surface area contributed by atoms with Gasteiger partial charge in [-0.05, 0) is 66.1 Å². The number of hydrogen-bond donors (Lipinski definition) is 0. The van der Waals surface area contributed by atoms with Gasteiger partial charge in [-0.15, -0.1) is 0 Å². The molecular formula is C18H29BN2O3. The zero-order chi connectivity index (χ0) is 17.2. The van der Waals surface area contributed by atoms with Crippen LogP contribution in [0.2, 0.25) is 0 Å². The van der Waals surface area contributed by atoms with Crippen LogP contribution < -0.4 is 10.2 Å². The largest absolute Gasteiger partial charge is 0.496 e. The second kappa shape index (κ2) is 7.02. The van der Waals surface area contributed by atoms with Crippen LogP contribution in [0, 0.1) is 0 Å². The molecule has 0 aromatic carbocycles. The summed E-state index contributed by atoms with van der Waals surface area (Å²) < 4.78 is 17.8. The fourth-order valence-corrected chi connectivity index (χ4v) is 3.07. The highest BCUT2D eigenvalue weighted by Crippen LogP contribution is 2.36. The first-order chi connectivity index (χ1) is 11.4. The molecule has 2 fully saturated rings. The van der Waals surface area contributed by atoms with Gasteiger partial charge in [-0.1, -0.05) is 6.07 Å². The molecule has 24 heavy (non-hydrogen) atoms. The predicted molar refractivity (Wildman–Crippen MR) is 95.7 cm³/mol. The van der Waals surface area contributed by atoms with Crippen LogP contribution in [0.1, 0.15) is 47.0 Å². The van der Waals surface area contributed by atoms with Gasteiger partial charge in [0.2, 0.25) is 5.88 Å². The molecule has 0 N–H and O–H groups in total. The number of likely N-dealkylation sites (tertiary alicyclic amines) is 1. The van der Waals surface area contributed by atoms with Gasteiger partial charge in [0.1, 0.15) is 0 Å². The molecule has 1 aromatic heterocycles.